The van der Waals surface area contributed by atoms with Crippen LogP contribution in [0.2, 0.25) is 0 Å². The van der Waals surface area contributed by atoms with Crippen molar-refractivity contribution >= 4 is 18.4 Å². The summed E-state index contributed by atoms with van der Waals surface area (Å²) < 4.78 is 0. The molecule has 0 heterocycles. The third-order valence-corrected chi connectivity index (χ3v) is 3.14. The van der Waals surface area contributed by atoms with Crippen molar-refractivity contribution in [2.75, 3.05) is 5.32 Å². The van der Waals surface area contributed by atoms with Crippen LogP contribution in [-0.4, -0.2) is 13.3 Å². The molecule has 1 atom stereocenters. The van der Waals surface area contributed by atoms with Crippen molar-refractivity contribution < 1.29 is 0 Å². The van der Waals surface area contributed by atoms with E-state index in [1.165, 1.54) is 27.8 Å². The maximum Gasteiger partial charge on any atom is 0.188 e. The van der Waals surface area contributed by atoms with E-state index >= 15 is 0 Å². The molecule has 0 aliphatic rings. The summed E-state index contributed by atoms with van der Waals surface area (Å²) in [6.07, 6.45) is 8.55. The molecule has 0 spiro atoms. The first-order valence-electron chi connectivity index (χ1n) is 7.59. The zero-order valence-corrected chi connectivity index (χ0v) is 14.2. The van der Waals surface area contributed by atoms with Crippen LogP contribution < -0.4 is 10.8 Å². The van der Waals surface area contributed by atoms with Gasteiger partial charge in [0.1, 0.15) is 0 Å². The van der Waals surface area contributed by atoms with Gasteiger partial charge in [-0.2, -0.15) is 0 Å². The molecule has 0 bridgehead atoms. The number of rotatable bonds is 6. The highest BCUT2D eigenvalue weighted by Gasteiger charge is 2.07. The van der Waals surface area contributed by atoms with Gasteiger partial charge in [0.15, 0.2) is 7.28 Å². The van der Waals surface area contributed by atoms with Gasteiger partial charge in [0.2, 0.25) is 0 Å². The first-order valence-corrected chi connectivity index (χ1v) is 7.59. The van der Waals surface area contributed by atoms with Gasteiger partial charge in [-0.15, -0.1) is 5.47 Å². The molecule has 0 saturated carbocycles. The normalized spacial score (nSPS) is 13.1. The van der Waals surface area contributed by atoms with Crippen LogP contribution in [0.4, 0.5) is 5.69 Å². The smallest absolute Gasteiger partial charge is 0.188 e. The molecule has 2 heteroatoms. The van der Waals surface area contributed by atoms with Crippen molar-refractivity contribution in [2.24, 2.45) is 0 Å². The summed E-state index contributed by atoms with van der Waals surface area (Å²) in [6, 6.07) is 6.87. The molecule has 0 amide bonds. The van der Waals surface area contributed by atoms with Gasteiger partial charge >= 0.3 is 0 Å². The van der Waals surface area contributed by atoms with Gasteiger partial charge in [0.25, 0.3) is 0 Å². The molecule has 1 rings (SSSR count). The van der Waals surface area contributed by atoms with E-state index in [0.717, 1.165) is 0 Å². The summed E-state index contributed by atoms with van der Waals surface area (Å²) in [5, 5.41) is 3.56. The third-order valence-electron chi connectivity index (χ3n) is 3.14. The predicted molar refractivity (Wildman–Crippen MR) is 97.7 cm³/mol. The van der Waals surface area contributed by atoms with Crippen molar-refractivity contribution in [1.29, 1.82) is 0 Å². The Morgan fingerprint density at radius 3 is 2.52 bits per heavy atom. The van der Waals surface area contributed by atoms with Crippen molar-refractivity contribution in [1.82, 2.24) is 0 Å². The number of nitrogens with one attached hydrogen (secondary N) is 1. The fourth-order valence-electron chi connectivity index (χ4n) is 2.09. The second-order valence-electron chi connectivity index (χ2n) is 5.85. The summed E-state index contributed by atoms with van der Waals surface area (Å²) >= 11 is 0. The zero-order chi connectivity index (χ0) is 15.8. The molecule has 0 aliphatic heterocycles. The molecule has 0 fully saturated rings. The topological polar surface area (TPSA) is 12.0 Å². The highest BCUT2D eigenvalue weighted by atomic mass is 14.9. The second kappa shape index (κ2) is 8.56. The second-order valence-corrected chi connectivity index (χ2v) is 5.85. The Kier molecular flexibility index (Phi) is 7.08. The van der Waals surface area contributed by atoms with Crippen molar-refractivity contribution in [2.45, 2.75) is 47.6 Å². The Morgan fingerprint density at radius 2 is 1.90 bits per heavy atom. The van der Waals surface area contributed by atoms with Gasteiger partial charge in [-0.1, -0.05) is 54.4 Å². The van der Waals surface area contributed by atoms with Crippen LogP contribution in [-0.2, 0) is 0 Å². The standard InChI is InChI=1S/C19H27BN/c1-7-8-17(6)21-19-13-15(4)10-12-18(19)20-16(5)11-9-14(2)3/h7-13,17,21H,1-6H3/b8-7-,16-11+. The monoisotopic (exact) mass is 280 g/mol. The van der Waals surface area contributed by atoms with Crippen LogP contribution in [0.15, 0.2) is 53.5 Å². The molecule has 0 saturated heterocycles. The number of hydrogen-bond acceptors (Lipinski definition) is 1. The maximum atomic E-state index is 3.56. The SMILES string of the molecule is C/C=C\C(C)Nc1cc(C)ccc1[B]/C(C)=C/C=C(C)C. The van der Waals surface area contributed by atoms with Crippen LogP contribution in [0.25, 0.3) is 0 Å². The lowest BCUT2D eigenvalue weighted by molar-refractivity contribution is 0.997. The van der Waals surface area contributed by atoms with E-state index in [1.807, 2.05) is 6.92 Å². The zero-order valence-electron chi connectivity index (χ0n) is 14.2. The summed E-state index contributed by atoms with van der Waals surface area (Å²) in [7, 11) is 2.23. The highest BCUT2D eigenvalue weighted by molar-refractivity contribution is 6.62. The van der Waals surface area contributed by atoms with E-state index in [4.69, 9.17) is 0 Å². The molecule has 21 heavy (non-hydrogen) atoms. The minimum atomic E-state index is 0.325. The Balaban J connectivity index is 2.96. The average molecular weight is 280 g/mol. The summed E-state index contributed by atoms with van der Waals surface area (Å²) in [6.45, 7) is 12.7. The van der Waals surface area contributed by atoms with Crippen LogP contribution in [0.5, 0.6) is 0 Å². The van der Waals surface area contributed by atoms with E-state index in [-0.39, 0.29) is 0 Å². The molecular weight excluding hydrogens is 253 g/mol. The van der Waals surface area contributed by atoms with Gasteiger partial charge in [-0.05, 0) is 46.2 Å². The molecule has 111 valence electrons. The van der Waals surface area contributed by atoms with Gasteiger partial charge in [0.05, 0.1) is 0 Å². The number of allylic oxidation sites excluding steroid dienone is 5. The minimum Gasteiger partial charge on any atom is -0.380 e. The summed E-state index contributed by atoms with van der Waals surface area (Å²) in [5.74, 6) is 0. The Bertz CT molecular complexity index is 549. The van der Waals surface area contributed by atoms with Gasteiger partial charge in [0, 0.05) is 11.7 Å². The maximum absolute atomic E-state index is 3.56. The average Bonchev–Trinajstić information content (AvgIpc) is 2.40. The highest BCUT2D eigenvalue weighted by Crippen LogP contribution is 2.11. The molecule has 1 unspecified atom stereocenters. The Hall–Kier alpha value is -1.70. The quantitative estimate of drug-likeness (QED) is 0.457. The largest absolute Gasteiger partial charge is 0.380 e. The Labute approximate surface area is 131 Å². The molecular formula is C19H27BN. The van der Waals surface area contributed by atoms with E-state index in [0.29, 0.717) is 6.04 Å². The molecule has 0 aliphatic carbocycles. The lowest BCUT2D eigenvalue weighted by Gasteiger charge is -2.16. The molecule has 1 aromatic rings. The van der Waals surface area contributed by atoms with Gasteiger partial charge < -0.3 is 5.32 Å². The van der Waals surface area contributed by atoms with E-state index < -0.39 is 0 Å². The van der Waals surface area contributed by atoms with E-state index in [9.17, 15) is 0 Å². The van der Waals surface area contributed by atoms with Crippen LogP contribution in [0.1, 0.15) is 40.2 Å². The first-order chi connectivity index (χ1) is 9.92. The first kappa shape index (κ1) is 17.4. The third kappa shape index (κ3) is 6.53. The van der Waals surface area contributed by atoms with E-state index in [1.54, 1.807) is 0 Å². The minimum absolute atomic E-state index is 0.325. The summed E-state index contributed by atoms with van der Waals surface area (Å²) in [4.78, 5) is 0. The molecule has 1 radical (unpaired) electrons. The number of anilines is 1. The van der Waals surface area contributed by atoms with Gasteiger partial charge in [-0.3, -0.25) is 0 Å². The van der Waals surface area contributed by atoms with Crippen molar-refractivity contribution in [3.05, 3.63) is 59.1 Å². The van der Waals surface area contributed by atoms with Crippen molar-refractivity contribution in [3.63, 3.8) is 0 Å². The number of aryl methyl sites for hydroxylation is 1. The predicted octanol–water partition coefficient (Wildman–Crippen LogP) is 4.57. The van der Waals surface area contributed by atoms with E-state index in [2.05, 4.69) is 89.7 Å². The lowest BCUT2D eigenvalue weighted by Crippen LogP contribution is -2.24. The Morgan fingerprint density at radius 1 is 1.19 bits per heavy atom. The number of benzene rings is 1. The molecule has 1 aromatic carbocycles. The molecule has 1 N–H and O–H groups in total. The van der Waals surface area contributed by atoms with Crippen molar-refractivity contribution in [3.8, 4) is 0 Å². The summed E-state index contributed by atoms with van der Waals surface area (Å²) in [5.41, 5.74) is 6.25. The lowest BCUT2D eigenvalue weighted by atomic mass is 9.63. The molecule has 0 aromatic heterocycles. The van der Waals surface area contributed by atoms with Gasteiger partial charge in [-0.25, -0.2) is 0 Å². The molecule has 1 nitrogen and oxygen atoms in total. The fraction of sp³-hybridized carbons (Fsp3) is 0.368. The van der Waals surface area contributed by atoms with Crippen LogP contribution in [0, 0.1) is 6.92 Å². The fourth-order valence-corrected chi connectivity index (χ4v) is 2.09. The number of hydrogen-bond donors (Lipinski definition) is 1. The van der Waals surface area contributed by atoms with Crippen LogP contribution >= 0.6 is 0 Å². The van der Waals surface area contributed by atoms with Crippen LogP contribution in [0.3, 0.4) is 0 Å².